The van der Waals surface area contributed by atoms with Crippen LogP contribution in [0.3, 0.4) is 0 Å². The van der Waals surface area contributed by atoms with Crippen LogP contribution in [0.4, 0.5) is 0 Å². The minimum atomic E-state index is -2.98. The van der Waals surface area contributed by atoms with Gasteiger partial charge in [0.1, 0.15) is 0 Å². The number of aryl methyl sites for hydroxylation is 2. The van der Waals surface area contributed by atoms with Crippen molar-refractivity contribution in [2.45, 2.75) is 58.9 Å². The van der Waals surface area contributed by atoms with Crippen molar-refractivity contribution in [2.75, 3.05) is 18.1 Å². The van der Waals surface area contributed by atoms with Gasteiger partial charge >= 0.3 is 0 Å². The van der Waals surface area contributed by atoms with Crippen LogP contribution in [-0.4, -0.2) is 43.3 Å². The van der Waals surface area contributed by atoms with Crippen LogP contribution in [0.2, 0.25) is 0 Å². The van der Waals surface area contributed by atoms with Crippen molar-refractivity contribution in [3.8, 4) is 0 Å². The maximum Gasteiger partial charge on any atom is 0.264 e. The maximum atomic E-state index is 13.0. The summed E-state index contributed by atoms with van der Waals surface area (Å²) < 4.78 is 23.5. The van der Waals surface area contributed by atoms with Crippen LogP contribution in [0.1, 0.15) is 60.1 Å². The molecule has 130 valence electrons. The van der Waals surface area contributed by atoms with Gasteiger partial charge in [0.05, 0.1) is 16.4 Å². The van der Waals surface area contributed by atoms with E-state index in [1.54, 1.807) is 16.2 Å². The van der Waals surface area contributed by atoms with E-state index in [1.165, 1.54) is 10.4 Å². The van der Waals surface area contributed by atoms with E-state index in [1.807, 2.05) is 13.0 Å². The molecule has 0 N–H and O–H groups in total. The first-order valence-corrected chi connectivity index (χ1v) is 11.2. The van der Waals surface area contributed by atoms with Crippen molar-refractivity contribution >= 4 is 27.1 Å². The predicted octanol–water partition coefficient (Wildman–Crippen LogP) is 3.30. The molecule has 0 spiro atoms. The molecular formula is C17H27NO3S2. The van der Waals surface area contributed by atoms with Gasteiger partial charge in [0.15, 0.2) is 9.84 Å². The summed E-state index contributed by atoms with van der Waals surface area (Å²) in [6.07, 6.45) is 4.43. The van der Waals surface area contributed by atoms with Gasteiger partial charge < -0.3 is 4.90 Å². The molecule has 1 saturated heterocycles. The quantitative estimate of drug-likeness (QED) is 0.752. The highest BCUT2D eigenvalue weighted by atomic mass is 32.2. The van der Waals surface area contributed by atoms with E-state index in [4.69, 9.17) is 0 Å². The molecule has 1 aliphatic heterocycles. The fraction of sp³-hybridized carbons (Fsp3) is 0.706. The summed E-state index contributed by atoms with van der Waals surface area (Å²) in [4.78, 5) is 16.8. The molecule has 0 aromatic carbocycles. The average molecular weight is 358 g/mol. The number of nitrogens with zero attached hydrogens (tertiary/aromatic N) is 1. The van der Waals surface area contributed by atoms with Crippen LogP contribution in [0.15, 0.2) is 6.07 Å². The van der Waals surface area contributed by atoms with Crippen molar-refractivity contribution < 1.29 is 13.2 Å². The normalized spacial score (nSPS) is 19.9. The summed E-state index contributed by atoms with van der Waals surface area (Å²) in [5, 5.41) is 0. The molecule has 1 fully saturated rings. The first kappa shape index (κ1) is 18.5. The molecule has 1 unspecified atom stereocenters. The number of rotatable bonds is 7. The highest BCUT2D eigenvalue weighted by molar-refractivity contribution is 7.91. The van der Waals surface area contributed by atoms with Gasteiger partial charge in [-0.05, 0) is 37.3 Å². The summed E-state index contributed by atoms with van der Waals surface area (Å²) in [7, 11) is -2.98. The molecule has 1 amide bonds. The Bertz CT molecular complexity index is 649. The van der Waals surface area contributed by atoms with Crippen LogP contribution >= 0.6 is 11.3 Å². The van der Waals surface area contributed by atoms with Crippen LogP contribution < -0.4 is 0 Å². The van der Waals surface area contributed by atoms with E-state index >= 15 is 0 Å². The number of sulfone groups is 1. The number of hydrogen-bond acceptors (Lipinski definition) is 4. The summed E-state index contributed by atoms with van der Waals surface area (Å²) in [5.74, 6) is 0.333. The fourth-order valence-corrected chi connectivity index (χ4v) is 6.21. The fourth-order valence-electron chi connectivity index (χ4n) is 3.16. The molecule has 2 heterocycles. The van der Waals surface area contributed by atoms with Crippen LogP contribution in [0.25, 0.3) is 0 Å². The van der Waals surface area contributed by atoms with Gasteiger partial charge in [0, 0.05) is 17.5 Å². The molecule has 0 bridgehead atoms. The summed E-state index contributed by atoms with van der Waals surface area (Å²) >= 11 is 1.59. The Hall–Kier alpha value is -0.880. The second-order valence-corrected chi connectivity index (χ2v) is 9.58. The zero-order valence-electron chi connectivity index (χ0n) is 14.3. The molecular weight excluding hydrogens is 330 g/mol. The Morgan fingerprint density at radius 1 is 1.30 bits per heavy atom. The second-order valence-electron chi connectivity index (χ2n) is 6.22. The Morgan fingerprint density at radius 2 is 2.04 bits per heavy atom. The minimum Gasteiger partial charge on any atom is -0.334 e. The standard InChI is InChI=1S/C17H27NO3S2/c1-4-7-15-13(6-3)11-16(22-15)17(19)18(9-5-2)14-8-10-23(20,21)12-14/h11,14H,4-10,12H2,1-3H3. The highest BCUT2D eigenvalue weighted by Crippen LogP contribution is 2.28. The zero-order valence-corrected chi connectivity index (χ0v) is 15.9. The van der Waals surface area contributed by atoms with Crippen LogP contribution in [-0.2, 0) is 22.7 Å². The van der Waals surface area contributed by atoms with E-state index < -0.39 is 9.84 Å². The lowest BCUT2D eigenvalue weighted by Gasteiger charge is -2.27. The van der Waals surface area contributed by atoms with Gasteiger partial charge in [-0.15, -0.1) is 11.3 Å². The molecule has 1 aromatic rings. The third-order valence-electron chi connectivity index (χ3n) is 4.34. The molecule has 0 radical (unpaired) electrons. The van der Waals surface area contributed by atoms with Crippen molar-refractivity contribution in [1.82, 2.24) is 4.90 Å². The van der Waals surface area contributed by atoms with Gasteiger partial charge in [-0.1, -0.05) is 27.2 Å². The van der Waals surface area contributed by atoms with Gasteiger partial charge in [-0.3, -0.25) is 4.79 Å². The summed E-state index contributed by atoms with van der Waals surface area (Å²) in [6.45, 7) is 6.91. The molecule has 2 rings (SSSR count). The highest BCUT2D eigenvalue weighted by Gasteiger charge is 2.35. The zero-order chi connectivity index (χ0) is 17.0. The number of amides is 1. The van der Waals surface area contributed by atoms with Crippen molar-refractivity contribution in [2.24, 2.45) is 0 Å². The van der Waals surface area contributed by atoms with E-state index in [-0.39, 0.29) is 23.5 Å². The molecule has 0 saturated carbocycles. The Morgan fingerprint density at radius 3 is 2.57 bits per heavy atom. The minimum absolute atomic E-state index is 0.0102. The van der Waals surface area contributed by atoms with Crippen LogP contribution in [0, 0.1) is 0 Å². The lowest BCUT2D eigenvalue weighted by atomic mass is 10.1. The Kier molecular flexibility index (Phi) is 6.26. The Labute approximate surface area is 143 Å². The molecule has 4 nitrogen and oxygen atoms in total. The number of carbonyl (C=O) groups excluding carboxylic acids is 1. The van der Waals surface area contributed by atoms with E-state index in [0.29, 0.717) is 13.0 Å². The first-order chi connectivity index (χ1) is 10.9. The number of carbonyl (C=O) groups is 1. The third-order valence-corrected chi connectivity index (χ3v) is 7.32. The van der Waals surface area contributed by atoms with Crippen molar-refractivity contribution in [3.05, 3.63) is 21.4 Å². The maximum absolute atomic E-state index is 13.0. The molecule has 1 aliphatic rings. The van der Waals surface area contributed by atoms with Gasteiger partial charge in [0.2, 0.25) is 0 Å². The molecule has 0 aliphatic carbocycles. The van der Waals surface area contributed by atoms with Crippen molar-refractivity contribution in [3.63, 3.8) is 0 Å². The lowest BCUT2D eigenvalue weighted by Crippen LogP contribution is -2.41. The van der Waals surface area contributed by atoms with Crippen molar-refractivity contribution in [1.29, 1.82) is 0 Å². The molecule has 1 aromatic heterocycles. The molecule has 1 atom stereocenters. The largest absolute Gasteiger partial charge is 0.334 e. The van der Waals surface area contributed by atoms with E-state index in [9.17, 15) is 13.2 Å². The number of hydrogen-bond donors (Lipinski definition) is 0. The smallest absolute Gasteiger partial charge is 0.264 e. The van der Waals surface area contributed by atoms with E-state index in [0.717, 1.165) is 30.6 Å². The van der Waals surface area contributed by atoms with Gasteiger partial charge in [-0.2, -0.15) is 0 Å². The Balaban J connectivity index is 2.24. The van der Waals surface area contributed by atoms with E-state index in [2.05, 4.69) is 13.8 Å². The van der Waals surface area contributed by atoms with Gasteiger partial charge in [-0.25, -0.2) is 8.42 Å². The monoisotopic (exact) mass is 357 g/mol. The predicted molar refractivity (Wildman–Crippen MR) is 96.1 cm³/mol. The lowest BCUT2D eigenvalue weighted by molar-refractivity contribution is 0.0702. The van der Waals surface area contributed by atoms with Gasteiger partial charge in [0.25, 0.3) is 5.91 Å². The average Bonchev–Trinajstić information content (AvgIpc) is 3.07. The second kappa shape index (κ2) is 7.79. The first-order valence-electron chi connectivity index (χ1n) is 8.54. The molecule has 6 heteroatoms. The summed E-state index contributed by atoms with van der Waals surface area (Å²) in [6, 6.07) is 1.86. The number of thiophene rings is 1. The summed E-state index contributed by atoms with van der Waals surface area (Å²) in [5.41, 5.74) is 1.26. The SMILES string of the molecule is CCCc1sc(C(=O)N(CCC)C2CCS(=O)(=O)C2)cc1CC. The topological polar surface area (TPSA) is 54.5 Å². The van der Waals surface area contributed by atoms with Crippen LogP contribution in [0.5, 0.6) is 0 Å². The third kappa shape index (κ3) is 4.35. The molecule has 23 heavy (non-hydrogen) atoms.